The van der Waals surface area contributed by atoms with Crippen LogP contribution in [0.2, 0.25) is 0 Å². The second-order valence-electron chi connectivity index (χ2n) is 5.17. The molecule has 0 bridgehead atoms. The molecule has 1 aromatic carbocycles. The Kier molecular flexibility index (Phi) is 4.05. The third-order valence-corrected chi connectivity index (χ3v) is 3.89. The largest absolute Gasteiger partial charge is 0.349 e. The summed E-state index contributed by atoms with van der Waals surface area (Å²) < 4.78 is 0. The molecule has 1 aromatic heterocycles. The van der Waals surface area contributed by atoms with Crippen LogP contribution in [0.25, 0.3) is 10.4 Å². The zero-order valence-electron chi connectivity index (χ0n) is 11.8. The molecule has 1 amide bonds. The molecule has 0 fully saturated rings. The first-order chi connectivity index (χ1) is 8.95. The highest BCUT2D eigenvalue weighted by atomic mass is 32.1. The van der Waals surface area contributed by atoms with Gasteiger partial charge in [0.05, 0.1) is 4.88 Å². The van der Waals surface area contributed by atoms with Crippen molar-refractivity contribution in [2.75, 3.05) is 0 Å². The Balaban J connectivity index is 2.28. The van der Waals surface area contributed by atoms with Gasteiger partial charge in [0.25, 0.3) is 5.91 Å². The number of benzene rings is 1. The highest BCUT2D eigenvalue weighted by Crippen LogP contribution is 2.29. The summed E-state index contributed by atoms with van der Waals surface area (Å²) in [5.74, 6) is 0.00984. The average Bonchev–Trinajstić information content (AvgIpc) is 2.75. The van der Waals surface area contributed by atoms with Gasteiger partial charge in [-0.2, -0.15) is 0 Å². The summed E-state index contributed by atoms with van der Waals surface area (Å²) in [5.41, 5.74) is 3.68. The summed E-state index contributed by atoms with van der Waals surface area (Å²) in [7, 11) is 0. The number of amides is 1. The maximum atomic E-state index is 11.9. The predicted molar refractivity (Wildman–Crippen MR) is 81.8 cm³/mol. The molecule has 1 N–H and O–H groups in total. The summed E-state index contributed by atoms with van der Waals surface area (Å²) in [4.78, 5) is 13.8. The van der Waals surface area contributed by atoms with E-state index in [4.69, 9.17) is 0 Å². The lowest BCUT2D eigenvalue weighted by Crippen LogP contribution is -2.29. The minimum atomic E-state index is 0.00984. The SMILES string of the molecule is Cc1cc(C)cc(-c2ccc(C(=O)NC(C)C)s2)c1. The van der Waals surface area contributed by atoms with Crippen LogP contribution in [0.1, 0.15) is 34.6 Å². The van der Waals surface area contributed by atoms with Gasteiger partial charge in [-0.05, 0) is 45.4 Å². The van der Waals surface area contributed by atoms with E-state index in [1.165, 1.54) is 16.7 Å². The van der Waals surface area contributed by atoms with Crippen molar-refractivity contribution in [3.8, 4) is 10.4 Å². The number of nitrogens with one attached hydrogen (secondary N) is 1. The molecule has 0 aliphatic rings. The summed E-state index contributed by atoms with van der Waals surface area (Å²) in [6.07, 6.45) is 0. The Morgan fingerprint density at radius 2 is 1.74 bits per heavy atom. The maximum Gasteiger partial charge on any atom is 0.261 e. The fourth-order valence-electron chi connectivity index (χ4n) is 2.07. The third-order valence-electron chi connectivity index (χ3n) is 2.76. The van der Waals surface area contributed by atoms with Crippen LogP contribution in [0.4, 0.5) is 0 Å². The van der Waals surface area contributed by atoms with Gasteiger partial charge in [0, 0.05) is 10.9 Å². The Hall–Kier alpha value is -1.61. The summed E-state index contributed by atoms with van der Waals surface area (Å²) >= 11 is 1.54. The second kappa shape index (κ2) is 5.57. The monoisotopic (exact) mass is 273 g/mol. The molecule has 0 saturated carbocycles. The van der Waals surface area contributed by atoms with Gasteiger partial charge in [0.1, 0.15) is 0 Å². The lowest BCUT2D eigenvalue weighted by atomic mass is 10.1. The van der Waals surface area contributed by atoms with E-state index in [2.05, 4.69) is 37.4 Å². The van der Waals surface area contributed by atoms with E-state index in [1.807, 2.05) is 26.0 Å². The van der Waals surface area contributed by atoms with Crippen molar-refractivity contribution < 1.29 is 4.79 Å². The van der Waals surface area contributed by atoms with Gasteiger partial charge in [-0.25, -0.2) is 0 Å². The molecule has 1 heterocycles. The lowest BCUT2D eigenvalue weighted by molar-refractivity contribution is 0.0947. The molecule has 0 atom stereocenters. The number of carbonyl (C=O) groups excluding carboxylic acids is 1. The van der Waals surface area contributed by atoms with Gasteiger partial charge in [0.2, 0.25) is 0 Å². The van der Waals surface area contributed by atoms with E-state index in [1.54, 1.807) is 11.3 Å². The van der Waals surface area contributed by atoms with Crippen LogP contribution in [-0.2, 0) is 0 Å². The molecular weight excluding hydrogens is 254 g/mol. The van der Waals surface area contributed by atoms with Crippen molar-refractivity contribution in [3.63, 3.8) is 0 Å². The minimum Gasteiger partial charge on any atom is -0.349 e. The Bertz CT molecular complexity index is 578. The topological polar surface area (TPSA) is 29.1 Å². The van der Waals surface area contributed by atoms with Crippen LogP contribution in [0, 0.1) is 13.8 Å². The van der Waals surface area contributed by atoms with Crippen molar-refractivity contribution in [2.24, 2.45) is 0 Å². The molecule has 0 saturated heterocycles. The first-order valence-corrected chi connectivity index (χ1v) is 7.26. The lowest BCUT2D eigenvalue weighted by Gasteiger charge is -2.06. The standard InChI is InChI=1S/C16H19NOS/c1-10(2)17-16(18)15-6-5-14(19-15)13-8-11(3)7-12(4)9-13/h5-10H,1-4H3,(H,17,18). The van der Waals surface area contributed by atoms with Crippen molar-refractivity contribution in [1.29, 1.82) is 0 Å². The molecule has 2 rings (SSSR count). The number of carbonyl (C=O) groups is 1. The number of aryl methyl sites for hydroxylation is 2. The van der Waals surface area contributed by atoms with E-state index < -0.39 is 0 Å². The van der Waals surface area contributed by atoms with Crippen molar-refractivity contribution in [2.45, 2.75) is 33.7 Å². The van der Waals surface area contributed by atoms with Crippen LogP contribution in [-0.4, -0.2) is 11.9 Å². The number of rotatable bonds is 3. The third kappa shape index (κ3) is 3.44. The van der Waals surface area contributed by atoms with Crippen LogP contribution in [0.3, 0.4) is 0 Å². The number of hydrogen-bond acceptors (Lipinski definition) is 2. The molecule has 2 nitrogen and oxygen atoms in total. The quantitative estimate of drug-likeness (QED) is 0.893. The van der Waals surface area contributed by atoms with Crippen molar-refractivity contribution in [3.05, 3.63) is 46.3 Å². The molecule has 3 heteroatoms. The summed E-state index contributed by atoms with van der Waals surface area (Å²) in [5, 5.41) is 2.92. The van der Waals surface area contributed by atoms with E-state index in [9.17, 15) is 4.79 Å². The highest BCUT2D eigenvalue weighted by Gasteiger charge is 2.11. The van der Waals surface area contributed by atoms with E-state index in [-0.39, 0.29) is 11.9 Å². The van der Waals surface area contributed by atoms with E-state index >= 15 is 0 Å². The van der Waals surface area contributed by atoms with Crippen molar-refractivity contribution >= 4 is 17.2 Å². The Labute approximate surface area is 118 Å². The predicted octanol–water partition coefficient (Wildman–Crippen LogP) is 4.17. The van der Waals surface area contributed by atoms with Crippen LogP contribution in [0.15, 0.2) is 30.3 Å². The Morgan fingerprint density at radius 3 is 2.32 bits per heavy atom. The van der Waals surface area contributed by atoms with Gasteiger partial charge in [-0.3, -0.25) is 4.79 Å². The smallest absolute Gasteiger partial charge is 0.261 e. The van der Waals surface area contributed by atoms with Gasteiger partial charge >= 0.3 is 0 Å². The second-order valence-corrected chi connectivity index (χ2v) is 6.25. The maximum absolute atomic E-state index is 11.9. The molecule has 0 unspecified atom stereocenters. The normalized spacial score (nSPS) is 10.8. The fraction of sp³-hybridized carbons (Fsp3) is 0.312. The zero-order chi connectivity index (χ0) is 14.0. The van der Waals surface area contributed by atoms with Crippen LogP contribution >= 0.6 is 11.3 Å². The number of thiophene rings is 1. The van der Waals surface area contributed by atoms with Crippen LogP contribution in [0.5, 0.6) is 0 Å². The first-order valence-electron chi connectivity index (χ1n) is 6.45. The summed E-state index contributed by atoms with van der Waals surface area (Å²) in [6, 6.07) is 10.6. The molecule has 0 aliphatic carbocycles. The molecule has 0 spiro atoms. The molecular formula is C16H19NOS. The van der Waals surface area contributed by atoms with Gasteiger partial charge < -0.3 is 5.32 Å². The van der Waals surface area contributed by atoms with Gasteiger partial charge in [-0.1, -0.05) is 29.3 Å². The first kappa shape index (κ1) is 13.8. The molecule has 0 aliphatic heterocycles. The molecule has 100 valence electrons. The highest BCUT2D eigenvalue weighted by molar-refractivity contribution is 7.17. The van der Waals surface area contributed by atoms with E-state index in [0.29, 0.717) is 0 Å². The Morgan fingerprint density at radius 1 is 1.11 bits per heavy atom. The van der Waals surface area contributed by atoms with Gasteiger partial charge in [0.15, 0.2) is 0 Å². The molecule has 2 aromatic rings. The molecule has 0 radical (unpaired) electrons. The number of hydrogen-bond donors (Lipinski definition) is 1. The van der Waals surface area contributed by atoms with E-state index in [0.717, 1.165) is 9.75 Å². The van der Waals surface area contributed by atoms with Crippen molar-refractivity contribution in [1.82, 2.24) is 5.32 Å². The minimum absolute atomic E-state index is 0.00984. The average molecular weight is 273 g/mol. The molecule has 19 heavy (non-hydrogen) atoms. The summed E-state index contributed by atoms with van der Waals surface area (Å²) in [6.45, 7) is 8.12. The van der Waals surface area contributed by atoms with Gasteiger partial charge in [-0.15, -0.1) is 11.3 Å². The zero-order valence-corrected chi connectivity index (χ0v) is 12.6. The van der Waals surface area contributed by atoms with Crippen LogP contribution < -0.4 is 5.32 Å². The fourth-order valence-corrected chi connectivity index (χ4v) is 2.96.